The maximum absolute atomic E-state index is 10.8. The van der Waals surface area contributed by atoms with Gasteiger partial charge in [0.05, 0.1) is 6.10 Å². The van der Waals surface area contributed by atoms with Gasteiger partial charge in [0.15, 0.2) is 6.10 Å². The van der Waals surface area contributed by atoms with Crippen molar-refractivity contribution in [1.29, 1.82) is 0 Å². The fourth-order valence-electron chi connectivity index (χ4n) is 0.364. The average molecular weight is 258 g/mol. The van der Waals surface area contributed by atoms with E-state index in [1.165, 1.54) is 0 Å². The number of carbonyl (C=O) groups is 1. The first kappa shape index (κ1) is 10.2. The number of hydrogen-bond acceptors (Lipinski definition) is 3. The molecule has 60 valence electrons. The van der Waals surface area contributed by atoms with E-state index >= 15 is 0 Å². The molecule has 0 fully saturated rings. The fraction of sp³-hybridized carbons (Fsp3) is 0.833. The first-order valence-corrected chi connectivity index (χ1v) is 3.94. The van der Waals surface area contributed by atoms with Gasteiger partial charge >= 0.3 is 5.97 Å². The van der Waals surface area contributed by atoms with E-state index < -0.39 is 6.10 Å². The molecular formula is C6H11IO3. The van der Waals surface area contributed by atoms with Crippen LogP contribution in [0.2, 0.25) is 0 Å². The van der Waals surface area contributed by atoms with Crippen LogP contribution in [-0.2, 0) is 12.6 Å². The van der Waals surface area contributed by atoms with Crippen LogP contribution in [0.3, 0.4) is 0 Å². The summed E-state index contributed by atoms with van der Waals surface area (Å²) >= 11 is 1.67. The normalized spacial score (nSPS) is 13.3. The van der Waals surface area contributed by atoms with Gasteiger partial charge in [-0.25, -0.2) is 4.79 Å². The van der Waals surface area contributed by atoms with Crippen molar-refractivity contribution in [3.05, 3.63) is 0 Å². The minimum Gasteiger partial charge on any atom is -0.461 e. The zero-order chi connectivity index (χ0) is 8.15. The van der Waals surface area contributed by atoms with Crippen LogP contribution in [0.1, 0.15) is 20.8 Å². The van der Waals surface area contributed by atoms with Crippen molar-refractivity contribution in [3.63, 3.8) is 0 Å². The molecule has 0 aliphatic carbocycles. The summed E-state index contributed by atoms with van der Waals surface area (Å²) in [6.45, 7) is 5.26. The number of halogens is 1. The van der Waals surface area contributed by atoms with E-state index in [4.69, 9.17) is 7.80 Å². The molecule has 0 saturated heterocycles. The van der Waals surface area contributed by atoms with E-state index in [-0.39, 0.29) is 12.1 Å². The fourth-order valence-corrected chi connectivity index (χ4v) is 0.572. The summed E-state index contributed by atoms with van der Waals surface area (Å²) < 4.78 is 9.54. The lowest BCUT2D eigenvalue weighted by Crippen LogP contribution is -2.23. The highest BCUT2D eigenvalue weighted by Gasteiger charge is 2.14. The molecule has 0 aromatic rings. The van der Waals surface area contributed by atoms with Crippen molar-refractivity contribution in [2.24, 2.45) is 0 Å². The molecule has 4 heteroatoms. The van der Waals surface area contributed by atoms with Gasteiger partial charge in [0.2, 0.25) is 0 Å². The Kier molecular flexibility index (Phi) is 4.98. The topological polar surface area (TPSA) is 35.5 Å². The van der Waals surface area contributed by atoms with Crippen LogP contribution < -0.4 is 0 Å². The summed E-state index contributed by atoms with van der Waals surface area (Å²) in [5.41, 5.74) is 0. The standard InChI is InChI=1S/C6H11IO3/c1-4(2)9-6(8)5(3)10-7/h4-5H,1-3H3. The molecule has 0 rings (SSSR count). The predicted octanol–water partition coefficient (Wildman–Crippen LogP) is 1.69. The molecule has 0 N–H and O–H groups in total. The van der Waals surface area contributed by atoms with Gasteiger partial charge in [-0.05, 0) is 20.8 Å². The Morgan fingerprint density at radius 3 is 2.20 bits per heavy atom. The van der Waals surface area contributed by atoms with Gasteiger partial charge < -0.3 is 7.80 Å². The molecule has 0 aliphatic heterocycles. The third-order valence-electron chi connectivity index (χ3n) is 0.817. The first-order valence-electron chi connectivity index (χ1n) is 3.05. The molecule has 0 aliphatic rings. The lowest BCUT2D eigenvalue weighted by atomic mass is 10.4. The Balaban J connectivity index is 3.62. The van der Waals surface area contributed by atoms with Gasteiger partial charge in [-0.15, -0.1) is 0 Å². The smallest absolute Gasteiger partial charge is 0.336 e. The second-order valence-corrected chi connectivity index (χ2v) is 2.73. The van der Waals surface area contributed by atoms with Crippen molar-refractivity contribution >= 4 is 29.0 Å². The highest BCUT2D eigenvalue weighted by molar-refractivity contribution is 14.1. The third kappa shape index (κ3) is 4.05. The molecule has 0 aromatic heterocycles. The van der Waals surface area contributed by atoms with Crippen LogP contribution in [-0.4, -0.2) is 18.2 Å². The summed E-state index contributed by atoms with van der Waals surface area (Å²) in [6, 6.07) is 0. The van der Waals surface area contributed by atoms with Gasteiger partial charge in [0.25, 0.3) is 0 Å². The van der Waals surface area contributed by atoms with Gasteiger partial charge in [-0.1, -0.05) is 0 Å². The lowest BCUT2D eigenvalue weighted by Gasteiger charge is -2.10. The molecule has 1 atom stereocenters. The molecule has 10 heavy (non-hydrogen) atoms. The predicted molar refractivity (Wildman–Crippen MR) is 45.8 cm³/mol. The van der Waals surface area contributed by atoms with E-state index in [1.807, 2.05) is 0 Å². The molecule has 0 amide bonds. The molecule has 0 spiro atoms. The Hall–Kier alpha value is 0.160. The van der Waals surface area contributed by atoms with Crippen LogP contribution in [0.4, 0.5) is 0 Å². The molecule has 0 heterocycles. The zero-order valence-corrected chi connectivity index (χ0v) is 8.41. The maximum atomic E-state index is 10.8. The van der Waals surface area contributed by atoms with Crippen LogP contribution in [0.25, 0.3) is 0 Å². The Morgan fingerprint density at radius 2 is 1.90 bits per heavy atom. The number of esters is 1. The van der Waals surface area contributed by atoms with Crippen molar-refractivity contribution in [2.45, 2.75) is 33.0 Å². The summed E-state index contributed by atoms with van der Waals surface area (Å²) in [5, 5.41) is 0. The number of ether oxygens (including phenoxy) is 1. The van der Waals surface area contributed by atoms with E-state index in [1.54, 1.807) is 43.8 Å². The van der Waals surface area contributed by atoms with Gasteiger partial charge in [-0.3, -0.25) is 0 Å². The second-order valence-electron chi connectivity index (χ2n) is 2.22. The molecular weight excluding hydrogens is 247 g/mol. The minimum atomic E-state index is -0.469. The quantitative estimate of drug-likeness (QED) is 0.570. The maximum Gasteiger partial charge on any atom is 0.336 e. The van der Waals surface area contributed by atoms with E-state index in [2.05, 4.69) is 0 Å². The summed E-state index contributed by atoms with van der Waals surface area (Å²) in [4.78, 5) is 10.8. The Morgan fingerprint density at radius 1 is 1.40 bits per heavy atom. The van der Waals surface area contributed by atoms with E-state index in [9.17, 15) is 4.79 Å². The second kappa shape index (κ2) is 4.90. The first-order chi connectivity index (χ1) is 4.57. The molecule has 0 aromatic carbocycles. The Labute approximate surface area is 74.8 Å². The highest BCUT2D eigenvalue weighted by Crippen LogP contribution is 2.01. The van der Waals surface area contributed by atoms with E-state index in [0.29, 0.717) is 0 Å². The molecule has 0 radical (unpaired) electrons. The number of carbonyl (C=O) groups excluding carboxylic acids is 1. The van der Waals surface area contributed by atoms with E-state index in [0.717, 1.165) is 0 Å². The van der Waals surface area contributed by atoms with Gasteiger partial charge in [0.1, 0.15) is 23.0 Å². The SMILES string of the molecule is CC(C)OC(=O)C(C)OI. The van der Waals surface area contributed by atoms with Crippen molar-refractivity contribution in [2.75, 3.05) is 0 Å². The van der Waals surface area contributed by atoms with Crippen molar-refractivity contribution in [3.8, 4) is 0 Å². The largest absolute Gasteiger partial charge is 0.461 e. The zero-order valence-electron chi connectivity index (χ0n) is 6.26. The monoisotopic (exact) mass is 258 g/mol. The highest BCUT2D eigenvalue weighted by atomic mass is 127. The van der Waals surface area contributed by atoms with Gasteiger partial charge in [-0.2, -0.15) is 0 Å². The third-order valence-corrected chi connectivity index (χ3v) is 1.58. The van der Waals surface area contributed by atoms with Crippen LogP contribution >= 0.6 is 23.0 Å². The summed E-state index contributed by atoms with van der Waals surface area (Å²) in [7, 11) is 0. The molecule has 0 saturated carbocycles. The van der Waals surface area contributed by atoms with Crippen LogP contribution in [0.5, 0.6) is 0 Å². The number of rotatable bonds is 3. The minimum absolute atomic E-state index is 0.0681. The van der Waals surface area contributed by atoms with Crippen molar-refractivity contribution in [1.82, 2.24) is 0 Å². The lowest BCUT2D eigenvalue weighted by molar-refractivity contribution is -0.153. The van der Waals surface area contributed by atoms with Gasteiger partial charge in [0, 0.05) is 0 Å². The molecule has 1 unspecified atom stereocenters. The average Bonchev–Trinajstić information content (AvgIpc) is 1.85. The molecule has 3 nitrogen and oxygen atoms in total. The Bertz CT molecular complexity index is 114. The van der Waals surface area contributed by atoms with Crippen LogP contribution in [0.15, 0.2) is 0 Å². The number of hydrogen-bond donors (Lipinski definition) is 0. The van der Waals surface area contributed by atoms with Crippen molar-refractivity contribution < 1.29 is 12.6 Å². The molecule has 0 bridgehead atoms. The summed E-state index contributed by atoms with van der Waals surface area (Å²) in [5.74, 6) is -0.315. The summed E-state index contributed by atoms with van der Waals surface area (Å²) in [6.07, 6.45) is -0.538. The van der Waals surface area contributed by atoms with Crippen LogP contribution in [0, 0.1) is 0 Å².